The summed E-state index contributed by atoms with van der Waals surface area (Å²) in [7, 11) is 0. The molecule has 1 heterocycles. The number of nitrogens with zero attached hydrogens (tertiary/aromatic N) is 2. The third-order valence-electron chi connectivity index (χ3n) is 8.82. The first kappa shape index (κ1) is 23.1. The van der Waals surface area contributed by atoms with Gasteiger partial charge in [0.05, 0.1) is 40.0 Å². The molecule has 37 heavy (non-hydrogen) atoms. The number of carbonyl (C=O) groups is 3. The number of hydrogen-bond acceptors (Lipinski definition) is 4. The molecule has 2 aliphatic carbocycles. The molecule has 3 aromatic rings. The van der Waals surface area contributed by atoms with E-state index in [1.807, 2.05) is 74.5 Å². The van der Waals surface area contributed by atoms with Gasteiger partial charge >= 0.3 is 0 Å². The van der Waals surface area contributed by atoms with Crippen LogP contribution in [-0.4, -0.2) is 17.6 Å². The van der Waals surface area contributed by atoms with E-state index in [0.29, 0.717) is 24.1 Å². The summed E-state index contributed by atoms with van der Waals surface area (Å²) in [6, 6.07) is 28.3. The van der Waals surface area contributed by atoms with Crippen molar-refractivity contribution in [3.63, 3.8) is 0 Å². The third kappa shape index (κ3) is 2.70. The fourth-order valence-electron chi connectivity index (χ4n) is 7.39. The average Bonchev–Trinajstić information content (AvgIpc) is 3.45. The highest BCUT2D eigenvalue weighted by molar-refractivity contribution is 6.34. The van der Waals surface area contributed by atoms with Crippen LogP contribution >= 0.6 is 0 Å². The van der Waals surface area contributed by atoms with Gasteiger partial charge in [0.1, 0.15) is 0 Å². The van der Waals surface area contributed by atoms with Gasteiger partial charge in [-0.25, -0.2) is 4.90 Å². The van der Waals surface area contributed by atoms with Crippen LogP contribution in [0.4, 0.5) is 5.69 Å². The smallest absolute Gasteiger partial charge is 0.239 e. The summed E-state index contributed by atoms with van der Waals surface area (Å²) in [5, 5.41) is 9.20. The Hall–Kier alpha value is -4.30. The van der Waals surface area contributed by atoms with Crippen molar-refractivity contribution in [2.24, 2.45) is 22.7 Å². The van der Waals surface area contributed by atoms with Crippen LogP contribution in [0, 0.1) is 34.0 Å². The summed E-state index contributed by atoms with van der Waals surface area (Å²) >= 11 is 0. The predicted molar refractivity (Wildman–Crippen MR) is 141 cm³/mol. The van der Waals surface area contributed by atoms with Crippen LogP contribution < -0.4 is 4.90 Å². The van der Waals surface area contributed by atoms with Gasteiger partial charge in [0, 0.05) is 0 Å². The Morgan fingerprint density at radius 2 is 1.14 bits per heavy atom. The first-order valence-corrected chi connectivity index (χ1v) is 12.8. The lowest BCUT2D eigenvalue weighted by atomic mass is 9.60. The molecule has 2 bridgehead atoms. The van der Waals surface area contributed by atoms with E-state index in [4.69, 9.17) is 0 Å². The zero-order chi connectivity index (χ0) is 25.9. The first-order valence-electron chi connectivity index (χ1n) is 12.8. The van der Waals surface area contributed by atoms with Crippen molar-refractivity contribution in [1.82, 2.24) is 0 Å². The lowest BCUT2D eigenvalue weighted by Crippen LogP contribution is -2.41. The molecule has 182 valence electrons. The van der Waals surface area contributed by atoms with Crippen LogP contribution in [0.15, 0.2) is 84.9 Å². The van der Waals surface area contributed by atoms with Gasteiger partial charge in [-0.05, 0) is 59.4 Å². The first-order chi connectivity index (χ1) is 18.0. The second-order valence-electron chi connectivity index (χ2n) is 10.1. The summed E-state index contributed by atoms with van der Waals surface area (Å²) in [6.07, 6.45) is 0.852. The quantitative estimate of drug-likeness (QED) is 0.436. The standard InChI is InChI=1S/C32H26N2O3/c1-3-31-24(21-11-7-5-8-12-21)25(22-13-9-6-10-14-22)32(4-2,30(31)37)27-26(31)28(35)34(29(27)36)23-17-15-20(19-33)16-18-23/h5-18,26-27H,3-4H2,1-2H3/t26-,27+,31-,32+. The number of carbonyl (C=O) groups excluding carboxylic acids is 3. The van der Waals surface area contributed by atoms with Gasteiger partial charge in [-0.15, -0.1) is 0 Å². The fourth-order valence-corrected chi connectivity index (χ4v) is 7.39. The second kappa shape index (κ2) is 8.11. The highest BCUT2D eigenvalue weighted by atomic mass is 16.2. The van der Waals surface area contributed by atoms with Crippen molar-refractivity contribution in [3.8, 4) is 6.07 Å². The Morgan fingerprint density at radius 1 is 0.703 bits per heavy atom. The Balaban J connectivity index is 1.65. The number of allylic oxidation sites excluding steroid dienone is 2. The van der Waals surface area contributed by atoms with Crippen molar-refractivity contribution in [3.05, 3.63) is 102 Å². The minimum absolute atomic E-state index is 0.00103. The van der Waals surface area contributed by atoms with Crippen molar-refractivity contribution < 1.29 is 14.4 Å². The molecule has 3 aromatic carbocycles. The Bertz CT molecular complexity index is 1430. The molecular weight excluding hydrogens is 460 g/mol. The topological polar surface area (TPSA) is 78.2 Å². The molecule has 5 nitrogen and oxygen atoms in total. The molecule has 2 fully saturated rings. The number of ketones is 1. The molecule has 0 N–H and O–H groups in total. The van der Waals surface area contributed by atoms with E-state index in [9.17, 15) is 19.6 Å². The second-order valence-corrected chi connectivity index (χ2v) is 10.1. The molecule has 5 heteroatoms. The van der Waals surface area contributed by atoms with E-state index >= 15 is 0 Å². The van der Waals surface area contributed by atoms with E-state index in [0.717, 1.165) is 22.3 Å². The number of benzene rings is 3. The molecule has 0 aromatic heterocycles. The number of imide groups is 1. The molecule has 4 atom stereocenters. The van der Waals surface area contributed by atoms with Crippen molar-refractivity contribution in [1.29, 1.82) is 5.26 Å². The number of fused-ring (bicyclic) bond motifs is 5. The maximum Gasteiger partial charge on any atom is 0.239 e. The van der Waals surface area contributed by atoms with Gasteiger partial charge in [0.2, 0.25) is 11.8 Å². The van der Waals surface area contributed by atoms with Crippen LogP contribution in [0.5, 0.6) is 0 Å². The van der Waals surface area contributed by atoms with Gasteiger partial charge in [0.25, 0.3) is 0 Å². The summed E-state index contributed by atoms with van der Waals surface area (Å²) in [6.45, 7) is 3.92. The number of anilines is 1. The third-order valence-corrected chi connectivity index (χ3v) is 8.82. The molecule has 0 spiro atoms. The maximum atomic E-state index is 14.7. The fraction of sp³-hybridized carbons (Fsp3) is 0.250. The average molecular weight is 487 g/mol. The van der Waals surface area contributed by atoms with E-state index in [-0.39, 0.29) is 17.6 Å². The van der Waals surface area contributed by atoms with E-state index in [2.05, 4.69) is 6.07 Å². The number of rotatable bonds is 5. The minimum atomic E-state index is -1.10. The van der Waals surface area contributed by atoms with E-state index in [1.54, 1.807) is 24.3 Å². The molecule has 1 saturated carbocycles. The summed E-state index contributed by atoms with van der Waals surface area (Å²) < 4.78 is 0. The molecule has 1 aliphatic heterocycles. The lowest BCUT2D eigenvalue weighted by Gasteiger charge is -2.38. The van der Waals surface area contributed by atoms with Gasteiger partial charge in [-0.3, -0.25) is 14.4 Å². The van der Waals surface area contributed by atoms with Crippen molar-refractivity contribution in [2.75, 3.05) is 4.90 Å². The monoisotopic (exact) mass is 486 g/mol. The Kier molecular flexibility index (Phi) is 5.07. The normalized spacial score (nSPS) is 28.1. The van der Waals surface area contributed by atoms with Gasteiger partial charge in [-0.1, -0.05) is 74.5 Å². The molecule has 1 saturated heterocycles. The largest absolute Gasteiger partial charge is 0.298 e. The molecule has 0 unspecified atom stereocenters. The minimum Gasteiger partial charge on any atom is -0.298 e. The zero-order valence-corrected chi connectivity index (χ0v) is 20.8. The molecular formula is C32H26N2O3. The van der Waals surface area contributed by atoms with Crippen LogP contribution in [0.3, 0.4) is 0 Å². The summed E-state index contributed by atoms with van der Waals surface area (Å²) in [4.78, 5) is 44.3. The van der Waals surface area contributed by atoms with Crippen LogP contribution in [0.2, 0.25) is 0 Å². The number of amides is 2. The SMILES string of the molecule is CC[C@]12C(=O)[C@](CC)(C(c3ccccc3)=C1c1ccccc1)[C@H]1C(=O)N(c3ccc(C#N)cc3)C(=O)[C@H]12. The molecule has 0 radical (unpaired) electrons. The van der Waals surface area contributed by atoms with Crippen LogP contribution in [0.25, 0.3) is 11.1 Å². The van der Waals surface area contributed by atoms with Crippen LogP contribution in [0.1, 0.15) is 43.4 Å². The van der Waals surface area contributed by atoms with Gasteiger partial charge < -0.3 is 0 Å². The summed E-state index contributed by atoms with van der Waals surface area (Å²) in [5.41, 5.74) is 2.31. The number of nitriles is 1. The summed E-state index contributed by atoms with van der Waals surface area (Å²) in [5.74, 6) is -2.19. The zero-order valence-electron chi connectivity index (χ0n) is 20.8. The molecule has 2 amide bonds. The van der Waals surface area contributed by atoms with Crippen LogP contribution in [-0.2, 0) is 14.4 Å². The van der Waals surface area contributed by atoms with Gasteiger partial charge in [-0.2, -0.15) is 5.26 Å². The Morgan fingerprint density at radius 3 is 1.51 bits per heavy atom. The number of hydrogen-bond donors (Lipinski definition) is 0. The molecule has 3 aliphatic rings. The lowest BCUT2D eigenvalue weighted by molar-refractivity contribution is -0.134. The highest BCUT2D eigenvalue weighted by Gasteiger charge is 2.80. The van der Waals surface area contributed by atoms with Crippen molar-refractivity contribution >= 4 is 34.4 Å². The maximum absolute atomic E-state index is 14.7. The highest BCUT2D eigenvalue weighted by Crippen LogP contribution is 2.75. The Labute approximate surface area is 216 Å². The molecule has 6 rings (SSSR count). The van der Waals surface area contributed by atoms with Gasteiger partial charge in [0.15, 0.2) is 5.78 Å². The van der Waals surface area contributed by atoms with E-state index < -0.39 is 22.7 Å². The number of Topliss-reactive ketones (excluding diaryl/α,β-unsaturated/α-hetero) is 1. The predicted octanol–water partition coefficient (Wildman–Crippen LogP) is 5.66. The van der Waals surface area contributed by atoms with Crippen molar-refractivity contribution in [2.45, 2.75) is 26.7 Å². The van der Waals surface area contributed by atoms with E-state index in [1.165, 1.54) is 4.90 Å².